The minimum atomic E-state index is -0.159. The molecule has 1 saturated heterocycles. The number of hydrogen-bond acceptors (Lipinski definition) is 3. The van der Waals surface area contributed by atoms with Crippen molar-refractivity contribution in [2.45, 2.75) is 32.4 Å². The van der Waals surface area contributed by atoms with E-state index < -0.39 is 0 Å². The Morgan fingerprint density at radius 3 is 2.54 bits per heavy atom. The second-order valence-corrected chi connectivity index (χ2v) is 4.14. The molecule has 0 radical (unpaired) electrons. The predicted octanol–water partition coefficient (Wildman–Crippen LogP) is 0.557. The highest BCUT2D eigenvalue weighted by atomic mass is 16.6. The van der Waals surface area contributed by atoms with Crippen LogP contribution in [-0.2, 0) is 9.47 Å². The summed E-state index contributed by atoms with van der Waals surface area (Å²) in [5.74, 6) is 0.534. The predicted molar refractivity (Wildman–Crippen MR) is 51.9 cm³/mol. The van der Waals surface area contributed by atoms with E-state index in [1.54, 1.807) is 0 Å². The first-order valence-electron chi connectivity index (χ1n) is 4.53. The summed E-state index contributed by atoms with van der Waals surface area (Å²) in [4.78, 5) is 4.32. The van der Waals surface area contributed by atoms with Crippen LogP contribution < -0.4 is 5.73 Å². The van der Waals surface area contributed by atoms with Gasteiger partial charge in [-0.05, 0) is 20.8 Å². The van der Waals surface area contributed by atoms with Gasteiger partial charge in [0.15, 0.2) is 0 Å². The van der Waals surface area contributed by atoms with Crippen LogP contribution in [0.15, 0.2) is 4.99 Å². The molecule has 1 unspecified atom stereocenters. The van der Waals surface area contributed by atoms with E-state index in [1.165, 1.54) is 0 Å². The first-order valence-corrected chi connectivity index (χ1v) is 4.53. The van der Waals surface area contributed by atoms with Crippen LogP contribution in [0.4, 0.5) is 0 Å². The summed E-state index contributed by atoms with van der Waals surface area (Å²) >= 11 is 0. The van der Waals surface area contributed by atoms with Gasteiger partial charge in [-0.1, -0.05) is 0 Å². The Morgan fingerprint density at radius 1 is 1.38 bits per heavy atom. The highest BCUT2D eigenvalue weighted by molar-refractivity contribution is 5.85. The van der Waals surface area contributed by atoms with E-state index in [2.05, 4.69) is 4.99 Å². The second kappa shape index (κ2) is 4.07. The van der Waals surface area contributed by atoms with Gasteiger partial charge in [-0.2, -0.15) is 0 Å². The zero-order chi connectivity index (χ0) is 9.90. The number of rotatable bonds is 1. The standard InChI is InChI=1S/C9H18N2O2/c1-9(2,3)11-8(10)7-6-12-4-5-13-7/h7H,4-6H2,1-3H3,(H2,10,11). The molecule has 0 saturated carbocycles. The Morgan fingerprint density at radius 2 is 2.08 bits per heavy atom. The molecule has 2 N–H and O–H groups in total. The number of nitrogens with zero attached hydrogens (tertiary/aromatic N) is 1. The van der Waals surface area contributed by atoms with E-state index in [1.807, 2.05) is 20.8 Å². The van der Waals surface area contributed by atoms with Crippen LogP contribution >= 0.6 is 0 Å². The molecule has 1 atom stereocenters. The van der Waals surface area contributed by atoms with Gasteiger partial charge in [-0.15, -0.1) is 0 Å². The molecule has 0 aromatic heterocycles. The molecule has 1 heterocycles. The van der Waals surface area contributed by atoms with E-state index in [0.29, 0.717) is 25.7 Å². The maximum atomic E-state index is 5.78. The molecular formula is C9H18N2O2. The maximum absolute atomic E-state index is 5.78. The van der Waals surface area contributed by atoms with Crippen LogP contribution in [0.2, 0.25) is 0 Å². The molecule has 0 bridgehead atoms. The average molecular weight is 186 g/mol. The van der Waals surface area contributed by atoms with Gasteiger partial charge in [0.1, 0.15) is 11.9 Å². The van der Waals surface area contributed by atoms with Crippen molar-refractivity contribution >= 4 is 5.84 Å². The number of aliphatic imine (C=N–C) groups is 1. The van der Waals surface area contributed by atoms with Crippen molar-refractivity contribution < 1.29 is 9.47 Å². The monoisotopic (exact) mass is 186 g/mol. The van der Waals surface area contributed by atoms with Crippen LogP contribution in [0.1, 0.15) is 20.8 Å². The quantitative estimate of drug-likeness (QED) is 0.481. The molecule has 4 heteroatoms. The third-order valence-corrected chi connectivity index (χ3v) is 1.61. The highest BCUT2D eigenvalue weighted by Crippen LogP contribution is 2.09. The molecule has 13 heavy (non-hydrogen) atoms. The van der Waals surface area contributed by atoms with Gasteiger partial charge < -0.3 is 15.2 Å². The third kappa shape index (κ3) is 3.74. The van der Waals surface area contributed by atoms with Gasteiger partial charge in [0, 0.05) is 0 Å². The molecule has 0 aromatic carbocycles. The summed E-state index contributed by atoms with van der Waals surface area (Å²) in [7, 11) is 0. The first kappa shape index (κ1) is 10.5. The fourth-order valence-electron chi connectivity index (χ4n) is 1.12. The Balaban J connectivity index is 2.54. The van der Waals surface area contributed by atoms with Crippen LogP contribution in [0.25, 0.3) is 0 Å². The molecule has 1 rings (SSSR count). The highest BCUT2D eigenvalue weighted by Gasteiger charge is 2.20. The van der Waals surface area contributed by atoms with Crippen molar-refractivity contribution in [2.75, 3.05) is 19.8 Å². The van der Waals surface area contributed by atoms with Crippen LogP contribution in [-0.4, -0.2) is 37.3 Å². The van der Waals surface area contributed by atoms with Crippen LogP contribution in [0.5, 0.6) is 0 Å². The summed E-state index contributed by atoms with van der Waals surface area (Å²) in [6, 6.07) is 0. The zero-order valence-electron chi connectivity index (χ0n) is 8.54. The smallest absolute Gasteiger partial charge is 0.137 e. The molecule has 0 aromatic rings. The van der Waals surface area contributed by atoms with E-state index in [0.717, 1.165) is 0 Å². The lowest BCUT2D eigenvalue weighted by Gasteiger charge is -2.24. The first-order chi connectivity index (χ1) is 5.99. The Kier molecular flexibility index (Phi) is 3.27. The molecule has 1 fully saturated rings. The van der Waals surface area contributed by atoms with Crippen LogP contribution in [0, 0.1) is 0 Å². The third-order valence-electron chi connectivity index (χ3n) is 1.61. The lowest BCUT2D eigenvalue weighted by Crippen LogP contribution is -2.41. The molecule has 4 nitrogen and oxygen atoms in total. The van der Waals surface area contributed by atoms with Crippen molar-refractivity contribution in [3.63, 3.8) is 0 Å². The van der Waals surface area contributed by atoms with Gasteiger partial charge in [0.05, 0.1) is 25.4 Å². The summed E-state index contributed by atoms with van der Waals surface area (Å²) in [5, 5.41) is 0. The molecule has 0 spiro atoms. The van der Waals surface area contributed by atoms with Gasteiger partial charge in [-0.25, -0.2) is 0 Å². The van der Waals surface area contributed by atoms with Gasteiger partial charge in [0.2, 0.25) is 0 Å². The summed E-state index contributed by atoms with van der Waals surface area (Å²) in [6.07, 6.45) is -0.159. The fourth-order valence-corrected chi connectivity index (χ4v) is 1.12. The van der Waals surface area contributed by atoms with E-state index in [4.69, 9.17) is 15.2 Å². The van der Waals surface area contributed by atoms with Crippen molar-refractivity contribution in [2.24, 2.45) is 10.7 Å². The van der Waals surface area contributed by atoms with Gasteiger partial charge in [-0.3, -0.25) is 4.99 Å². The molecule has 0 amide bonds. The Labute approximate surface area is 79.1 Å². The minimum absolute atomic E-state index is 0.148. The molecule has 0 aliphatic carbocycles. The van der Waals surface area contributed by atoms with E-state index in [9.17, 15) is 0 Å². The van der Waals surface area contributed by atoms with Crippen molar-refractivity contribution in [3.8, 4) is 0 Å². The normalized spacial score (nSPS) is 26.1. The van der Waals surface area contributed by atoms with Crippen LogP contribution in [0.3, 0.4) is 0 Å². The molecular weight excluding hydrogens is 168 g/mol. The van der Waals surface area contributed by atoms with Gasteiger partial charge in [0.25, 0.3) is 0 Å². The molecule has 1 aliphatic heterocycles. The largest absolute Gasteiger partial charge is 0.385 e. The SMILES string of the molecule is CC(C)(C)N=C(N)C1COCCO1. The van der Waals surface area contributed by atoms with E-state index >= 15 is 0 Å². The average Bonchev–Trinajstić information content (AvgIpc) is 2.03. The summed E-state index contributed by atoms with van der Waals surface area (Å²) < 4.78 is 10.6. The lowest BCUT2D eigenvalue weighted by molar-refractivity contribution is -0.0600. The fraction of sp³-hybridized carbons (Fsp3) is 0.889. The number of ether oxygens (including phenoxy) is 2. The van der Waals surface area contributed by atoms with E-state index in [-0.39, 0.29) is 11.6 Å². The van der Waals surface area contributed by atoms with Crippen molar-refractivity contribution in [1.82, 2.24) is 0 Å². The van der Waals surface area contributed by atoms with Crippen molar-refractivity contribution in [1.29, 1.82) is 0 Å². The Hall–Kier alpha value is -0.610. The minimum Gasteiger partial charge on any atom is -0.385 e. The second-order valence-electron chi connectivity index (χ2n) is 4.14. The lowest BCUT2D eigenvalue weighted by atomic mass is 10.1. The zero-order valence-corrected chi connectivity index (χ0v) is 8.54. The van der Waals surface area contributed by atoms with Gasteiger partial charge >= 0.3 is 0 Å². The molecule has 76 valence electrons. The molecule has 1 aliphatic rings. The maximum Gasteiger partial charge on any atom is 0.137 e. The summed E-state index contributed by atoms with van der Waals surface area (Å²) in [5.41, 5.74) is 5.63. The van der Waals surface area contributed by atoms with Crippen molar-refractivity contribution in [3.05, 3.63) is 0 Å². The summed E-state index contributed by atoms with van der Waals surface area (Å²) in [6.45, 7) is 7.78. The topological polar surface area (TPSA) is 56.8 Å². The Bertz CT molecular complexity index is 190. The number of amidine groups is 1. The number of hydrogen-bond donors (Lipinski definition) is 1. The number of nitrogens with two attached hydrogens (primary N) is 1.